The molecule has 1 atom stereocenters. The second-order valence-electron chi connectivity index (χ2n) is 6.06. The minimum Gasteiger partial charge on any atom is -0.345 e. The van der Waals surface area contributed by atoms with Crippen molar-refractivity contribution >= 4 is 11.8 Å². The van der Waals surface area contributed by atoms with E-state index in [1.807, 2.05) is 11.6 Å². The van der Waals surface area contributed by atoms with E-state index >= 15 is 0 Å². The van der Waals surface area contributed by atoms with Gasteiger partial charge in [0.25, 0.3) is 0 Å². The van der Waals surface area contributed by atoms with Crippen molar-refractivity contribution in [3.63, 3.8) is 0 Å². The van der Waals surface area contributed by atoms with Crippen LogP contribution in [0.3, 0.4) is 0 Å². The highest BCUT2D eigenvalue weighted by Gasteiger charge is 2.38. The third-order valence-electron chi connectivity index (χ3n) is 4.40. The minimum atomic E-state index is -0.346. The number of piperazine rings is 2. The van der Waals surface area contributed by atoms with Crippen molar-refractivity contribution in [1.82, 2.24) is 24.9 Å². The summed E-state index contributed by atoms with van der Waals surface area (Å²) in [6, 6.07) is -0.346. The Bertz CT molecular complexity index is 582. The van der Waals surface area contributed by atoms with Gasteiger partial charge in [0, 0.05) is 44.5 Å². The number of hydrogen-bond donors (Lipinski definition) is 1. The van der Waals surface area contributed by atoms with E-state index in [0.717, 1.165) is 31.7 Å². The molecule has 7 heteroatoms. The maximum absolute atomic E-state index is 12.0. The SMILES string of the molecule is CCCn1cc(CN2CCN3C(=O)CNC(=O)[C@H]3C2)c(C)n1. The Hall–Kier alpha value is -1.89. The molecule has 22 heavy (non-hydrogen) atoms. The monoisotopic (exact) mass is 305 g/mol. The lowest BCUT2D eigenvalue weighted by atomic mass is 10.1. The van der Waals surface area contributed by atoms with Gasteiger partial charge >= 0.3 is 0 Å². The zero-order valence-corrected chi connectivity index (χ0v) is 13.2. The topological polar surface area (TPSA) is 70.5 Å². The molecule has 1 aromatic heterocycles. The van der Waals surface area contributed by atoms with Crippen LogP contribution < -0.4 is 5.32 Å². The Kier molecular flexibility index (Phi) is 4.15. The largest absolute Gasteiger partial charge is 0.345 e. The first-order chi connectivity index (χ1) is 10.6. The molecule has 2 amide bonds. The molecule has 120 valence electrons. The third kappa shape index (κ3) is 2.85. The number of carbonyl (C=O) groups excluding carboxylic acids is 2. The highest BCUT2D eigenvalue weighted by Crippen LogP contribution is 2.17. The van der Waals surface area contributed by atoms with Gasteiger partial charge in [0.2, 0.25) is 11.8 Å². The molecule has 0 aromatic carbocycles. The summed E-state index contributed by atoms with van der Waals surface area (Å²) in [4.78, 5) is 27.8. The summed E-state index contributed by atoms with van der Waals surface area (Å²) in [5.74, 6) is -0.0149. The number of amides is 2. The fraction of sp³-hybridized carbons (Fsp3) is 0.667. The Balaban J connectivity index is 1.67. The van der Waals surface area contributed by atoms with Gasteiger partial charge in [-0.05, 0) is 13.3 Å². The summed E-state index contributed by atoms with van der Waals surface area (Å²) in [6.07, 6.45) is 3.15. The normalized spacial score (nSPS) is 22.6. The highest BCUT2D eigenvalue weighted by molar-refractivity contribution is 5.95. The average Bonchev–Trinajstić information content (AvgIpc) is 2.83. The van der Waals surface area contributed by atoms with Gasteiger partial charge in [-0.15, -0.1) is 0 Å². The van der Waals surface area contributed by atoms with Crippen molar-refractivity contribution in [2.45, 2.75) is 39.4 Å². The molecule has 7 nitrogen and oxygen atoms in total. The van der Waals surface area contributed by atoms with Crippen LogP contribution in [-0.4, -0.2) is 63.6 Å². The molecule has 3 rings (SSSR count). The van der Waals surface area contributed by atoms with E-state index in [-0.39, 0.29) is 24.4 Å². The standard InChI is InChI=1S/C15H23N5O2/c1-3-4-19-9-12(11(2)17-19)8-18-5-6-20-13(10-18)15(22)16-7-14(20)21/h9,13H,3-8,10H2,1-2H3,(H,16,22)/t13-/m1/s1. The van der Waals surface area contributed by atoms with Crippen molar-refractivity contribution in [3.8, 4) is 0 Å². The van der Waals surface area contributed by atoms with Gasteiger partial charge in [0.05, 0.1) is 12.2 Å². The first-order valence-electron chi connectivity index (χ1n) is 7.91. The third-order valence-corrected chi connectivity index (χ3v) is 4.40. The molecule has 2 aliphatic rings. The first-order valence-corrected chi connectivity index (χ1v) is 7.91. The van der Waals surface area contributed by atoms with Gasteiger partial charge in [-0.2, -0.15) is 5.10 Å². The molecule has 0 spiro atoms. The van der Waals surface area contributed by atoms with Crippen LogP contribution in [0.25, 0.3) is 0 Å². The fourth-order valence-corrected chi connectivity index (χ4v) is 3.19. The van der Waals surface area contributed by atoms with Crippen LogP contribution in [0.15, 0.2) is 6.20 Å². The van der Waals surface area contributed by atoms with Crippen LogP contribution in [0.4, 0.5) is 0 Å². The molecule has 1 aromatic rings. The molecule has 2 aliphatic heterocycles. The summed E-state index contributed by atoms with van der Waals surface area (Å²) >= 11 is 0. The fourth-order valence-electron chi connectivity index (χ4n) is 3.19. The number of aryl methyl sites for hydroxylation is 2. The van der Waals surface area contributed by atoms with Crippen LogP contribution in [0.2, 0.25) is 0 Å². The van der Waals surface area contributed by atoms with E-state index in [2.05, 4.69) is 28.4 Å². The number of aromatic nitrogens is 2. The van der Waals surface area contributed by atoms with Gasteiger partial charge in [0.15, 0.2) is 0 Å². The minimum absolute atomic E-state index is 0.0243. The maximum atomic E-state index is 12.0. The number of nitrogens with one attached hydrogen (secondary N) is 1. The predicted molar refractivity (Wildman–Crippen MR) is 81.0 cm³/mol. The van der Waals surface area contributed by atoms with Crippen molar-refractivity contribution in [3.05, 3.63) is 17.5 Å². The number of fused-ring (bicyclic) bond motifs is 1. The Morgan fingerprint density at radius 2 is 2.18 bits per heavy atom. The van der Waals surface area contributed by atoms with Crippen LogP contribution >= 0.6 is 0 Å². The Morgan fingerprint density at radius 3 is 2.95 bits per heavy atom. The smallest absolute Gasteiger partial charge is 0.244 e. The number of hydrogen-bond acceptors (Lipinski definition) is 4. The molecular weight excluding hydrogens is 282 g/mol. The van der Waals surface area contributed by atoms with Crippen molar-refractivity contribution in [1.29, 1.82) is 0 Å². The lowest BCUT2D eigenvalue weighted by Crippen LogP contribution is -2.65. The molecule has 2 fully saturated rings. The molecule has 0 saturated carbocycles. The van der Waals surface area contributed by atoms with Crippen molar-refractivity contribution in [2.75, 3.05) is 26.2 Å². The van der Waals surface area contributed by atoms with E-state index in [1.54, 1.807) is 4.90 Å². The lowest BCUT2D eigenvalue weighted by Gasteiger charge is -2.42. The van der Waals surface area contributed by atoms with E-state index in [4.69, 9.17) is 0 Å². The van der Waals surface area contributed by atoms with Crippen LogP contribution in [-0.2, 0) is 22.7 Å². The van der Waals surface area contributed by atoms with Gasteiger partial charge in [-0.25, -0.2) is 0 Å². The molecular formula is C15H23N5O2. The van der Waals surface area contributed by atoms with Crippen LogP contribution in [0.1, 0.15) is 24.6 Å². The van der Waals surface area contributed by atoms with Crippen molar-refractivity contribution in [2.24, 2.45) is 0 Å². The van der Waals surface area contributed by atoms with E-state index < -0.39 is 0 Å². The van der Waals surface area contributed by atoms with E-state index in [0.29, 0.717) is 13.1 Å². The first kappa shape index (κ1) is 15.0. The summed E-state index contributed by atoms with van der Waals surface area (Å²) in [6.45, 7) is 8.01. The Morgan fingerprint density at radius 1 is 1.36 bits per heavy atom. The van der Waals surface area contributed by atoms with Gasteiger partial charge in [0.1, 0.15) is 6.04 Å². The molecule has 0 bridgehead atoms. The maximum Gasteiger partial charge on any atom is 0.244 e. The quantitative estimate of drug-likeness (QED) is 0.832. The molecule has 1 N–H and O–H groups in total. The van der Waals surface area contributed by atoms with Crippen LogP contribution in [0.5, 0.6) is 0 Å². The predicted octanol–water partition coefficient (Wildman–Crippen LogP) is -0.256. The molecule has 2 saturated heterocycles. The van der Waals surface area contributed by atoms with Crippen molar-refractivity contribution < 1.29 is 9.59 Å². The average molecular weight is 305 g/mol. The summed E-state index contributed by atoms with van der Waals surface area (Å²) in [5, 5.41) is 7.19. The van der Waals surface area contributed by atoms with Crippen LogP contribution in [0, 0.1) is 6.92 Å². The summed E-state index contributed by atoms with van der Waals surface area (Å²) in [5.41, 5.74) is 2.24. The lowest BCUT2D eigenvalue weighted by molar-refractivity contribution is -0.149. The van der Waals surface area contributed by atoms with Gasteiger partial charge in [-0.3, -0.25) is 19.2 Å². The van der Waals surface area contributed by atoms with Gasteiger partial charge in [-0.1, -0.05) is 6.92 Å². The summed E-state index contributed by atoms with van der Waals surface area (Å²) < 4.78 is 1.98. The molecule has 0 unspecified atom stereocenters. The second-order valence-corrected chi connectivity index (χ2v) is 6.06. The van der Waals surface area contributed by atoms with E-state index in [9.17, 15) is 9.59 Å². The zero-order chi connectivity index (χ0) is 15.7. The molecule has 0 aliphatic carbocycles. The number of nitrogens with zero attached hydrogens (tertiary/aromatic N) is 4. The number of rotatable bonds is 4. The molecule has 0 radical (unpaired) electrons. The molecule has 3 heterocycles. The summed E-state index contributed by atoms with van der Waals surface area (Å²) in [7, 11) is 0. The number of carbonyl (C=O) groups is 2. The van der Waals surface area contributed by atoms with E-state index in [1.165, 1.54) is 5.56 Å². The highest BCUT2D eigenvalue weighted by atomic mass is 16.2. The zero-order valence-electron chi connectivity index (χ0n) is 13.2. The Labute approximate surface area is 130 Å². The second kappa shape index (κ2) is 6.08. The van der Waals surface area contributed by atoms with Gasteiger partial charge < -0.3 is 10.2 Å².